The third-order valence-corrected chi connectivity index (χ3v) is 4.45. The summed E-state index contributed by atoms with van der Waals surface area (Å²) >= 11 is 0. The van der Waals surface area contributed by atoms with Gasteiger partial charge in [-0.15, -0.1) is 0 Å². The van der Waals surface area contributed by atoms with Gasteiger partial charge in [-0.3, -0.25) is 9.36 Å². The summed E-state index contributed by atoms with van der Waals surface area (Å²) < 4.78 is 1.84. The van der Waals surface area contributed by atoms with Gasteiger partial charge in [0.2, 0.25) is 0 Å². The van der Waals surface area contributed by atoms with Crippen LogP contribution in [0.5, 0.6) is 0 Å². The number of nitrogens with zero attached hydrogens (tertiary/aromatic N) is 1. The van der Waals surface area contributed by atoms with E-state index in [-0.39, 0.29) is 5.56 Å². The van der Waals surface area contributed by atoms with E-state index in [4.69, 9.17) is 0 Å². The third-order valence-electron chi connectivity index (χ3n) is 4.45. The van der Waals surface area contributed by atoms with Crippen molar-refractivity contribution in [2.24, 2.45) is 5.92 Å². The molecule has 1 N–H and O–H groups in total. The molecule has 0 bridgehead atoms. The Morgan fingerprint density at radius 2 is 1.74 bits per heavy atom. The molecule has 0 amide bonds. The van der Waals surface area contributed by atoms with Crippen molar-refractivity contribution in [1.29, 1.82) is 0 Å². The van der Waals surface area contributed by atoms with Crippen molar-refractivity contribution in [2.45, 2.75) is 19.4 Å². The molecule has 3 heteroatoms. The van der Waals surface area contributed by atoms with Crippen LogP contribution in [0.25, 0.3) is 16.5 Å². The van der Waals surface area contributed by atoms with Crippen LogP contribution >= 0.6 is 0 Å². The van der Waals surface area contributed by atoms with E-state index >= 15 is 0 Å². The highest BCUT2D eigenvalue weighted by atomic mass is 16.1. The molecule has 4 rings (SSSR count). The van der Waals surface area contributed by atoms with Crippen LogP contribution in [0.3, 0.4) is 0 Å². The Morgan fingerprint density at radius 3 is 2.52 bits per heavy atom. The lowest BCUT2D eigenvalue weighted by atomic mass is 10.1. The summed E-state index contributed by atoms with van der Waals surface area (Å²) in [5.74, 6) is 0.826. The molecular weight excluding hydrogens is 284 g/mol. The molecule has 0 unspecified atom stereocenters. The lowest BCUT2D eigenvalue weighted by molar-refractivity contribution is 0.620. The lowest BCUT2D eigenvalue weighted by Crippen LogP contribution is -2.26. The predicted octanol–water partition coefficient (Wildman–Crippen LogP) is 3.49. The second-order valence-electron chi connectivity index (χ2n) is 6.27. The molecule has 23 heavy (non-hydrogen) atoms. The largest absolute Gasteiger partial charge is 0.311 e. The van der Waals surface area contributed by atoms with Crippen LogP contribution in [0.15, 0.2) is 65.5 Å². The first-order valence-corrected chi connectivity index (χ1v) is 8.23. The average molecular weight is 304 g/mol. The first-order chi connectivity index (χ1) is 11.3. The van der Waals surface area contributed by atoms with Crippen molar-refractivity contribution in [3.8, 4) is 5.69 Å². The SMILES string of the molecule is O=c1c2ccccc2cc(CNCC2CC2)n1-c1ccccc1. The van der Waals surface area contributed by atoms with E-state index in [0.29, 0.717) is 6.54 Å². The topological polar surface area (TPSA) is 34.0 Å². The Labute approximate surface area is 135 Å². The van der Waals surface area contributed by atoms with Crippen LogP contribution in [-0.4, -0.2) is 11.1 Å². The summed E-state index contributed by atoms with van der Waals surface area (Å²) in [5, 5.41) is 5.28. The quantitative estimate of drug-likeness (QED) is 0.783. The Hall–Kier alpha value is -2.39. The van der Waals surface area contributed by atoms with Gasteiger partial charge in [0.05, 0.1) is 0 Å². The summed E-state index contributed by atoms with van der Waals surface area (Å²) in [6, 6.07) is 19.8. The fraction of sp³-hybridized carbons (Fsp3) is 0.250. The Bertz CT molecular complexity index is 879. The molecule has 1 aromatic heterocycles. The van der Waals surface area contributed by atoms with Crippen LogP contribution in [0.2, 0.25) is 0 Å². The molecule has 1 aliphatic rings. The Kier molecular flexibility index (Phi) is 3.72. The van der Waals surface area contributed by atoms with E-state index in [1.807, 2.05) is 59.2 Å². The van der Waals surface area contributed by atoms with Crippen LogP contribution in [0, 0.1) is 5.92 Å². The maximum Gasteiger partial charge on any atom is 0.263 e. The van der Waals surface area contributed by atoms with Crippen molar-refractivity contribution in [1.82, 2.24) is 9.88 Å². The molecular formula is C20H20N2O. The van der Waals surface area contributed by atoms with Gasteiger partial charge in [0.1, 0.15) is 0 Å². The minimum Gasteiger partial charge on any atom is -0.311 e. The monoisotopic (exact) mass is 304 g/mol. The Balaban J connectivity index is 1.82. The van der Waals surface area contributed by atoms with Gasteiger partial charge in [0, 0.05) is 23.3 Å². The molecule has 0 aliphatic heterocycles. The van der Waals surface area contributed by atoms with Crippen molar-refractivity contribution >= 4 is 10.8 Å². The van der Waals surface area contributed by atoms with Gasteiger partial charge in [0.25, 0.3) is 5.56 Å². The number of nitrogens with one attached hydrogen (secondary N) is 1. The number of aromatic nitrogens is 1. The van der Waals surface area contributed by atoms with Crippen LogP contribution < -0.4 is 10.9 Å². The van der Waals surface area contributed by atoms with Gasteiger partial charge in [-0.25, -0.2) is 0 Å². The average Bonchev–Trinajstić information content (AvgIpc) is 3.40. The standard InChI is InChI=1S/C20H20N2O/c23-20-19-9-5-4-6-16(19)12-18(14-21-13-15-10-11-15)22(20)17-7-2-1-3-8-17/h1-9,12,15,21H,10-11,13-14H2. The first kappa shape index (κ1) is 14.2. The van der Waals surface area contributed by atoms with Gasteiger partial charge in [-0.2, -0.15) is 0 Å². The number of para-hydroxylation sites is 1. The Morgan fingerprint density at radius 1 is 1.00 bits per heavy atom. The zero-order valence-corrected chi connectivity index (χ0v) is 13.0. The maximum absolute atomic E-state index is 13.0. The number of benzene rings is 2. The summed E-state index contributed by atoms with van der Waals surface area (Å²) in [6.07, 6.45) is 2.66. The van der Waals surface area contributed by atoms with Crippen molar-refractivity contribution in [3.05, 3.63) is 76.7 Å². The first-order valence-electron chi connectivity index (χ1n) is 8.23. The minimum absolute atomic E-state index is 0.0533. The third kappa shape index (κ3) is 2.92. The maximum atomic E-state index is 13.0. The second kappa shape index (κ2) is 6.01. The zero-order chi connectivity index (χ0) is 15.6. The van der Waals surface area contributed by atoms with Crippen molar-refractivity contribution in [2.75, 3.05) is 6.54 Å². The minimum atomic E-state index is 0.0533. The van der Waals surface area contributed by atoms with E-state index in [2.05, 4.69) is 11.4 Å². The van der Waals surface area contributed by atoms with E-state index in [9.17, 15) is 4.79 Å². The highest BCUT2D eigenvalue weighted by Gasteiger charge is 2.20. The molecule has 3 nitrogen and oxygen atoms in total. The molecule has 116 valence electrons. The lowest BCUT2D eigenvalue weighted by Gasteiger charge is -2.15. The van der Waals surface area contributed by atoms with Crippen LogP contribution in [-0.2, 0) is 6.54 Å². The number of hydrogen-bond donors (Lipinski definition) is 1. The summed E-state index contributed by atoms with van der Waals surface area (Å²) in [7, 11) is 0. The molecule has 0 radical (unpaired) electrons. The molecule has 2 aromatic carbocycles. The van der Waals surface area contributed by atoms with Gasteiger partial charge >= 0.3 is 0 Å². The van der Waals surface area contributed by atoms with E-state index in [0.717, 1.165) is 34.6 Å². The van der Waals surface area contributed by atoms with Gasteiger partial charge in [-0.05, 0) is 55.0 Å². The van der Waals surface area contributed by atoms with Gasteiger partial charge in [0.15, 0.2) is 0 Å². The highest BCUT2D eigenvalue weighted by molar-refractivity contribution is 5.82. The number of rotatable bonds is 5. The van der Waals surface area contributed by atoms with E-state index in [1.165, 1.54) is 12.8 Å². The van der Waals surface area contributed by atoms with Crippen LogP contribution in [0.1, 0.15) is 18.5 Å². The van der Waals surface area contributed by atoms with Gasteiger partial charge < -0.3 is 5.32 Å². The molecule has 1 heterocycles. The highest BCUT2D eigenvalue weighted by Crippen LogP contribution is 2.27. The zero-order valence-electron chi connectivity index (χ0n) is 13.0. The molecule has 0 saturated heterocycles. The molecule has 0 atom stereocenters. The molecule has 1 saturated carbocycles. The smallest absolute Gasteiger partial charge is 0.263 e. The fourth-order valence-electron chi connectivity index (χ4n) is 3.03. The number of hydrogen-bond acceptors (Lipinski definition) is 2. The van der Waals surface area contributed by atoms with E-state index < -0.39 is 0 Å². The second-order valence-corrected chi connectivity index (χ2v) is 6.27. The summed E-state index contributed by atoms with van der Waals surface area (Å²) in [6.45, 7) is 1.75. The van der Waals surface area contributed by atoms with Crippen LogP contribution in [0.4, 0.5) is 0 Å². The van der Waals surface area contributed by atoms with Gasteiger partial charge in [-0.1, -0.05) is 36.4 Å². The predicted molar refractivity (Wildman–Crippen MR) is 94.0 cm³/mol. The fourth-order valence-corrected chi connectivity index (χ4v) is 3.03. The van der Waals surface area contributed by atoms with E-state index in [1.54, 1.807) is 0 Å². The van der Waals surface area contributed by atoms with Crippen molar-refractivity contribution < 1.29 is 0 Å². The molecule has 0 spiro atoms. The number of pyridine rings is 1. The number of fused-ring (bicyclic) bond motifs is 1. The normalized spacial score (nSPS) is 14.3. The molecule has 1 fully saturated rings. The summed E-state index contributed by atoms with van der Waals surface area (Å²) in [4.78, 5) is 13.0. The molecule has 3 aromatic rings. The molecule has 1 aliphatic carbocycles. The summed E-state index contributed by atoms with van der Waals surface area (Å²) in [5.41, 5.74) is 1.99. The van der Waals surface area contributed by atoms with Crippen molar-refractivity contribution in [3.63, 3.8) is 0 Å².